The maximum Gasteiger partial charge on any atom is 0.263 e. The molecule has 0 aromatic carbocycles. The lowest BCUT2D eigenvalue weighted by atomic mass is 10.0. The first kappa shape index (κ1) is 20.4. The highest BCUT2D eigenvalue weighted by atomic mass is 16.5. The van der Waals surface area contributed by atoms with Crippen molar-refractivity contribution in [3.05, 3.63) is 44.9 Å². The molecule has 2 atom stereocenters. The van der Waals surface area contributed by atoms with Gasteiger partial charge in [-0.2, -0.15) is 0 Å². The molecule has 0 aliphatic carbocycles. The Hall–Kier alpha value is -1.92. The molecule has 0 bridgehead atoms. The molecule has 0 radical (unpaired) electrons. The highest BCUT2D eigenvalue weighted by Gasteiger charge is 2.29. The summed E-state index contributed by atoms with van der Waals surface area (Å²) in [6, 6.07) is 1.52. The average molecular weight is 362 g/mol. The van der Waals surface area contributed by atoms with Gasteiger partial charge in [0.1, 0.15) is 11.7 Å². The van der Waals surface area contributed by atoms with Crippen LogP contribution in [0.1, 0.15) is 48.8 Å². The minimum atomic E-state index is -0.348. The molecule has 1 aromatic rings. The minimum Gasteiger partial charge on any atom is -0.379 e. The van der Waals surface area contributed by atoms with Crippen molar-refractivity contribution in [2.75, 3.05) is 19.8 Å². The van der Waals surface area contributed by atoms with Gasteiger partial charge in [-0.25, -0.2) is 0 Å². The molecule has 0 saturated carbocycles. The van der Waals surface area contributed by atoms with Crippen molar-refractivity contribution in [2.24, 2.45) is 7.05 Å². The molecule has 6 nitrogen and oxygen atoms in total. The van der Waals surface area contributed by atoms with Gasteiger partial charge in [0.2, 0.25) is 0 Å². The Bertz CT molecular complexity index is 732. The number of hydrogen-bond acceptors (Lipinski definition) is 4. The van der Waals surface area contributed by atoms with E-state index < -0.39 is 0 Å². The third kappa shape index (κ3) is 4.83. The first-order chi connectivity index (χ1) is 12.3. The second-order valence-corrected chi connectivity index (χ2v) is 7.00. The van der Waals surface area contributed by atoms with Crippen LogP contribution in [0.5, 0.6) is 0 Å². The Labute approximate surface area is 155 Å². The number of allylic oxidation sites excluding steroid dienone is 1. The van der Waals surface area contributed by atoms with Gasteiger partial charge >= 0.3 is 0 Å². The van der Waals surface area contributed by atoms with Crippen LogP contribution in [0.3, 0.4) is 0 Å². The summed E-state index contributed by atoms with van der Waals surface area (Å²) < 4.78 is 12.9. The Morgan fingerprint density at radius 1 is 1.46 bits per heavy atom. The van der Waals surface area contributed by atoms with Crippen LogP contribution in [0.25, 0.3) is 0 Å². The molecule has 2 rings (SSSR count). The molecule has 1 fully saturated rings. The van der Waals surface area contributed by atoms with Crippen LogP contribution in [0.2, 0.25) is 0 Å². The summed E-state index contributed by atoms with van der Waals surface area (Å²) in [6.07, 6.45) is 3.19. The number of pyridine rings is 1. The molecular weight excluding hydrogens is 332 g/mol. The molecule has 1 amide bonds. The number of nitrogens with one attached hydrogen (secondary N) is 1. The summed E-state index contributed by atoms with van der Waals surface area (Å²) in [5.41, 5.74) is 2.98. The van der Waals surface area contributed by atoms with E-state index in [1.165, 1.54) is 5.57 Å². The summed E-state index contributed by atoms with van der Waals surface area (Å²) in [5, 5.41) is 2.98. The second-order valence-electron chi connectivity index (χ2n) is 7.00. The average Bonchev–Trinajstić information content (AvgIpc) is 2.59. The summed E-state index contributed by atoms with van der Waals surface area (Å²) >= 11 is 0. The second kappa shape index (κ2) is 9.14. The number of amides is 1. The van der Waals surface area contributed by atoms with E-state index in [1.54, 1.807) is 17.7 Å². The summed E-state index contributed by atoms with van der Waals surface area (Å²) in [4.78, 5) is 25.3. The minimum absolute atomic E-state index is 0.169. The van der Waals surface area contributed by atoms with Crippen LogP contribution in [-0.4, -0.2) is 42.4 Å². The molecule has 1 aliphatic heterocycles. The lowest BCUT2D eigenvalue weighted by Gasteiger charge is -2.32. The van der Waals surface area contributed by atoms with Gasteiger partial charge in [0.15, 0.2) is 0 Å². The molecule has 2 heterocycles. The number of carbonyl (C=O) groups excluding carboxylic acids is 1. The Balaban J connectivity index is 2.14. The fourth-order valence-electron chi connectivity index (χ4n) is 3.23. The van der Waals surface area contributed by atoms with Gasteiger partial charge in [-0.1, -0.05) is 18.6 Å². The fraction of sp³-hybridized carbons (Fsp3) is 0.600. The molecule has 0 spiro atoms. The van der Waals surface area contributed by atoms with Gasteiger partial charge in [-0.15, -0.1) is 0 Å². The van der Waals surface area contributed by atoms with Crippen molar-refractivity contribution >= 4 is 5.91 Å². The molecule has 1 saturated heterocycles. The van der Waals surface area contributed by atoms with Gasteiger partial charge in [0, 0.05) is 19.3 Å². The Morgan fingerprint density at radius 3 is 2.85 bits per heavy atom. The quantitative estimate of drug-likeness (QED) is 0.787. The number of nitrogens with zero attached hydrogens (tertiary/aromatic N) is 1. The van der Waals surface area contributed by atoms with E-state index in [4.69, 9.17) is 9.47 Å². The zero-order valence-corrected chi connectivity index (χ0v) is 16.4. The van der Waals surface area contributed by atoms with E-state index in [1.807, 2.05) is 33.8 Å². The van der Waals surface area contributed by atoms with Crippen molar-refractivity contribution in [3.8, 4) is 0 Å². The van der Waals surface area contributed by atoms with Gasteiger partial charge in [-0.05, 0) is 45.2 Å². The molecular formula is C20H30N2O4. The SMILES string of the molecule is CCc1c(C)cc(C(=O)N[C@@H]2CCOC[C@H]2OCC=C(C)C)c(=O)n1C. The molecule has 1 N–H and O–H groups in total. The van der Waals surface area contributed by atoms with Crippen molar-refractivity contribution in [1.29, 1.82) is 0 Å². The van der Waals surface area contributed by atoms with Crippen molar-refractivity contribution in [2.45, 2.75) is 52.7 Å². The molecule has 1 aliphatic rings. The van der Waals surface area contributed by atoms with E-state index in [0.717, 1.165) is 17.7 Å². The molecule has 0 unspecified atom stereocenters. The topological polar surface area (TPSA) is 69.6 Å². The summed E-state index contributed by atoms with van der Waals surface area (Å²) in [6.45, 7) is 9.43. The number of aromatic nitrogens is 1. The van der Waals surface area contributed by atoms with Gasteiger partial charge in [0.25, 0.3) is 11.5 Å². The first-order valence-electron chi connectivity index (χ1n) is 9.18. The maximum atomic E-state index is 12.7. The molecule has 1 aromatic heterocycles. The number of ether oxygens (including phenoxy) is 2. The predicted molar refractivity (Wildman–Crippen MR) is 102 cm³/mol. The number of carbonyl (C=O) groups is 1. The van der Waals surface area contributed by atoms with Crippen LogP contribution in [0, 0.1) is 6.92 Å². The Kier molecular flexibility index (Phi) is 7.17. The molecule has 6 heteroatoms. The maximum absolute atomic E-state index is 12.7. The van der Waals surface area contributed by atoms with Gasteiger partial charge < -0.3 is 19.4 Å². The first-order valence-corrected chi connectivity index (χ1v) is 9.18. The van der Waals surface area contributed by atoms with E-state index in [-0.39, 0.29) is 29.2 Å². The van der Waals surface area contributed by atoms with E-state index >= 15 is 0 Å². The Morgan fingerprint density at radius 2 is 2.19 bits per heavy atom. The van der Waals surface area contributed by atoms with Crippen LogP contribution in [-0.2, 0) is 22.9 Å². The van der Waals surface area contributed by atoms with Crippen LogP contribution >= 0.6 is 0 Å². The highest BCUT2D eigenvalue weighted by molar-refractivity contribution is 5.94. The molecule has 144 valence electrons. The number of aryl methyl sites for hydroxylation is 1. The largest absolute Gasteiger partial charge is 0.379 e. The van der Waals surface area contributed by atoms with E-state index in [2.05, 4.69) is 5.32 Å². The summed E-state index contributed by atoms with van der Waals surface area (Å²) in [5.74, 6) is -0.348. The highest BCUT2D eigenvalue weighted by Crippen LogP contribution is 2.14. The third-order valence-corrected chi connectivity index (χ3v) is 4.76. The van der Waals surface area contributed by atoms with E-state index in [9.17, 15) is 9.59 Å². The van der Waals surface area contributed by atoms with Crippen LogP contribution < -0.4 is 10.9 Å². The van der Waals surface area contributed by atoms with Crippen molar-refractivity contribution < 1.29 is 14.3 Å². The lowest BCUT2D eigenvalue weighted by Crippen LogP contribution is -2.51. The van der Waals surface area contributed by atoms with Crippen LogP contribution in [0.15, 0.2) is 22.5 Å². The standard InChI is InChI=1S/C20H30N2O4/c1-6-17-14(4)11-15(20(24)22(17)5)19(23)21-16-8-9-25-12-18(16)26-10-7-13(2)3/h7,11,16,18H,6,8-10,12H2,1-5H3,(H,21,23)/t16-,18-/m1/s1. The monoisotopic (exact) mass is 362 g/mol. The summed E-state index contributed by atoms with van der Waals surface area (Å²) in [7, 11) is 1.71. The lowest BCUT2D eigenvalue weighted by molar-refractivity contribution is -0.0589. The predicted octanol–water partition coefficient (Wildman–Crippen LogP) is 2.13. The number of hydrogen-bond donors (Lipinski definition) is 1. The zero-order valence-electron chi connectivity index (χ0n) is 16.4. The van der Waals surface area contributed by atoms with Crippen molar-refractivity contribution in [1.82, 2.24) is 9.88 Å². The van der Waals surface area contributed by atoms with Crippen molar-refractivity contribution in [3.63, 3.8) is 0 Å². The fourth-order valence-corrected chi connectivity index (χ4v) is 3.23. The zero-order chi connectivity index (χ0) is 19.3. The molecule has 26 heavy (non-hydrogen) atoms. The normalized spacial score (nSPS) is 19.9. The smallest absolute Gasteiger partial charge is 0.263 e. The number of rotatable bonds is 6. The van der Waals surface area contributed by atoms with Gasteiger partial charge in [-0.3, -0.25) is 9.59 Å². The van der Waals surface area contributed by atoms with Crippen LogP contribution in [0.4, 0.5) is 0 Å². The third-order valence-electron chi connectivity index (χ3n) is 4.76. The van der Waals surface area contributed by atoms with Gasteiger partial charge in [0.05, 0.1) is 19.3 Å². The van der Waals surface area contributed by atoms with E-state index in [0.29, 0.717) is 26.2 Å².